The number of benzene rings is 2. The second-order valence-electron chi connectivity index (χ2n) is 17.4. The lowest BCUT2D eigenvalue weighted by Crippen LogP contribution is -2.43. The Morgan fingerprint density at radius 2 is 1.81 bits per heavy atom. The highest BCUT2D eigenvalue weighted by atomic mass is 28.3. The van der Waals surface area contributed by atoms with Gasteiger partial charge in [0.05, 0.1) is 29.1 Å². The Bertz CT molecular complexity index is 2240. The molecule has 8 rings (SSSR count). The van der Waals surface area contributed by atoms with Crippen molar-refractivity contribution in [2.24, 2.45) is 0 Å². The molecule has 3 fully saturated rings. The molecule has 1 unspecified atom stereocenters. The van der Waals surface area contributed by atoms with E-state index in [9.17, 15) is 4.39 Å². The summed E-state index contributed by atoms with van der Waals surface area (Å²) < 4.78 is 72.3. The second-order valence-corrected chi connectivity index (χ2v) is 22.9. The molecule has 14 heteroatoms. The van der Waals surface area contributed by atoms with Crippen LogP contribution in [-0.2, 0) is 9.47 Å². The molecule has 0 aliphatic carbocycles. The molecule has 0 bridgehead atoms. The van der Waals surface area contributed by atoms with Crippen LogP contribution in [0.5, 0.6) is 11.8 Å². The van der Waals surface area contributed by atoms with E-state index >= 15 is 8.78 Å². The van der Waals surface area contributed by atoms with Gasteiger partial charge in [0.15, 0.2) is 12.6 Å². The number of halogens is 3. The number of anilines is 2. The van der Waals surface area contributed by atoms with Crippen molar-refractivity contribution in [3.8, 4) is 34.5 Å². The molecule has 2 aromatic heterocycles. The average molecular weight is 817 g/mol. The number of ether oxygens (including phenoxy) is 4. The maximum absolute atomic E-state index is 17.8. The zero-order chi connectivity index (χ0) is 40.9. The summed E-state index contributed by atoms with van der Waals surface area (Å²) in [6, 6.07) is 6.55. The van der Waals surface area contributed by atoms with Gasteiger partial charge in [0.1, 0.15) is 55.3 Å². The third-order valence-corrected chi connectivity index (χ3v) is 19.4. The fourth-order valence-electron chi connectivity index (χ4n) is 10.4. The molecule has 3 atom stereocenters. The van der Waals surface area contributed by atoms with Gasteiger partial charge in [-0.05, 0) is 66.0 Å². The number of alkyl halides is 1. The molecule has 4 aliphatic heterocycles. The van der Waals surface area contributed by atoms with Crippen LogP contribution in [-0.4, -0.2) is 106 Å². The van der Waals surface area contributed by atoms with Crippen molar-refractivity contribution in [2.75, 3.05) is 70.1 Å². The number of hydrogen-bond acceptors (Lipinski definition) is 10. The van der Waals surface area contributed by atoms with Crippen molar-refractivity contribution >= 4 is 41.4 Å². The SMILES string of the molecule is COCOc1cc(-c2nc3c4c(nc(OC[C@@]56CCCN5C[C@H](F)C6)nc4c2F)N(C2CCOC2)CCN3)c2c(C#C[Si](C(C)C)(C(C)C)C(C)C)c(F)ccc2c1. The van der Waals surface area contributed by atoms with Gasteiger partial charge in [-0.25, -0.2) is 18.2 Å². The summed E-state index contributed by atoms with van der Waals surface area (Å²) in [4.78, 5) is 19.0. The number of methoxy groups -OCH3 is 1. The Kier molecular flexibility index (Phi) is 11.3. The fourth-order valence-corrected chi connectivity index (χ4v) is 15.6. The molecule has 4 aliphatic rings. The van der Waals surface area contributed by atoms with E-state index in [0.29, 0.717) is 95.0 Å². The first kappa shape index (κ1) is 40.6. The van der Waals surface area contributed by atoms with Gasteiger partial charge in [-0.15, -0.1) is 5.54 Å². The van der Waals surface area contributed by atoms with Crippen LogP contribution in [0.4, 0.5) is 24.8 Å². The maximum atomic E-state index is 17.8. The minimum atomic E-state index is -2.30. The van der Waals surface area contributed by atoms with Crippen molar-refractivity contribution in [1.29, 1.82) is 0 Å². The summed E-state index contributed by atoms with van der Waals surface area (Å²) in [5.74, 6) is 3.43. The summed E-state index contributed by atoms with van der Waals surface area (Å²) in [5, 5.41) is 4.91. The van der Waals surface area contributed by atoms with Crippen LogP contribution in [0.25, 0.3) is 32.9 Å². The summed E-state index contributed by atoms with van der Waals surface area (Å²) in [6.07, 6.45) is 1.99. The number of rotatable bonds is 11. The Balaban J connectivity index is 1.35. The minimum Gasteiger partial charge on any atom is -0.468 e. The highest BCUT2D eigenvalue weighted by molar-refractivity contribution is 6.90. The number of fused-ring (bicyclic) bond motifs is 2. The van der Waals surface area contributed by atoms with E-state index in [1.165, 1.54) is 13.2 Å². The molecule has 3 saturated heterocycles. The lowest BCUT2D eigenvalue weighted by molar-refractivity contribution is 0.0512. The van der Waals surface area contributed by atoms with Crippen LogP contribution in [0.2, 0.25) is 16.6 Å². The van der Waals surface area contributed by atoms with Gasteiger partial charge in [0.25, 0.3) is 0 Å². The monoisotopic (exact) mass is 816 g/mol. The van der Waals surface area contributed by atoms with Crippen LogP contribution in [0, 0.1) is 23.1 Å². The van der Waals surface area contributed by atoms with E-state index in [1.54, 1.807) is 18.2 Å². The molecule has 2 aromatic carbocycles. The van der Waals surface area contributed by atoms with Crippen LogP contribution in [0.3, 0.4) is 0 Å². The highest BCUT2D eigenvalue weighted by Crippen LogP contribution is 2.45. The average Bonchev–Trinajstić information content (AvgIpc) is 3.90. The normalized spacial score (nSPS) is 22.2. The maximum Gasteiger partial charge on any atom is 0.319 e. The van der Waals surface area contributed by atoms with Crippen LogP contribution in [0.1, 0.15) is 72.8 Å². The highest BCUT2D eigenvalue weighted by Gasteiger charge is 2.49. The lowest BCUT2D eigenvalue weighted by Gasteiger charge is -2.38. The van der Waals surface area contributed by atoms with Gasteiger partial charge < -0.3 is 29.2 Å². The summed E-state index contributed by atoms with van der Waals surface area (Å²) in [7, 11) is -0.782. The standard InChI is InChI=1S/C44H55F3N6O4Si/c1-26(2)58(27(3)4,28(5)6)18-12-33-35(46)10-9-29-19-32(57-25-54-7)20-34(36(29)33)39-38(47)40-37-41(49-39)48-14-16-53(31-11-17-55-23-31)42(37)51-43(50-40)56-24-44-13-8-15-52(44)22-30(45)21-44/h9-10,19-20,26-28,30-31H,8,11,13-17,21-25H2,1-7H3,(H,48,49)/t30-,31?,44+/m1/s1. The summed E-state index contributed by atoms with van der Waals surface area (Å²) in [6.45, 7) is 16.8. The van der Waals surface area contributed by atoms with Crippen molar-refractivity contribution in [3.63, 3.8) is 0 Å². The van der Waals surface area contributed by atoms with Gasteiger partial charge in [0.2, 0.25) is 0 Å². The zero-order valence-electron chi connectivity index (χ0n) is 34.7. The molecular weight excluding hydrogens is 762 g/mol. The molecule has 6 heterocycles. The third-order valence-electron chi connectivity index (χ3n) is 13.1. The second kappa shape index (κ2) is 16.1. The molecule has 0 saturated carbocycles. The molecule has 10 nitrogen and oxygen atoms in total. The smallest absolute Gasteiger partial charge is 0.319 e. The molecule has 1 N–H and O–H groups in total. The number of pyridine rings is 1. The van der Waals surface area contributed by atoms with Crippen molar-refractivity contribution in [1.82, 2.24) is 19.9 Å². The Morgan fingerprint density at radius 3 is 2.53 bits per heavy atom. The van der Waals surface area contributed by atoms with Crippen molar-refractivity contribution in [2.45, 2.75) is 102 Å². The first-order chi connectivity index (χ1) is 27.9. The van der Waals surface area contributed by atoms with E-state index in [2.05, 4.69) is 68.1 Å². The molecule has 4 aromatic rings. The molecule has 0 amide bonds. The topological polar surface area (TPSA) is 94.1 Å². The van der Waals surface area contributed by atoms with E-state index in [4.69, 9.17) is 33.9 Å². The van der Waals surface area contributed by atoms with Gasteiger partial charge in [-0.1, -0.05) is 53.5 Å². The minimum absolute atomic E-state index is 0.00772. The van der Waals surface area contributed by atoms with Crippen LogP contribution in [0.15, 0.2) is 24.3 Å². The molecule has 0 radical (unpaired) electrons. The predicted molar refractivity (Wildman–Crippen MR) is 224 cm³/mol. The van der Waals surface area contributed by atoms with E-state index < -0.39 is 31.4 Å². The fraction of sp³-hybridized carbons (Fsp3) is 0.568. The molecule has 58 heavy (non-hydrogen) atoms. The van der Waals surface area contributed by atoms with Crippen LogP contribution >= 0.6 is 0 Å². The first-order valence-corrected chi connectivity index (χ1v) is 23.0. The summed E-state index contributed by atoms with van der Waals surface area (Å²) in [5.41, 5.74) is 4.66. The number of nitrogens with zero attached hydrogens (tertiary/aromatic N) is 5. The lowest BCUT2D eigenvalue weighted by atomic mass is 9.95. The van der Waals surface area contributed by atoms with E-state index in [-0.39, 0.29) is 42.2 Å². The Morgan fingerprint density at radius 1 is 1.02 bits per heavy atom. The van der Waals surface area contributed by atoms with Gasteiger partial charge in [0, 0.05) is 50.7 Å². The molecule has 0 spiro atoms. The van der Waals surface area contributed by atoms with Crippen LogP contribution < -0.4 is 19.7 Å². The Labute approximate surface area is 340 Å². The zero-order valence-corrected chi connectivity index (χ0v) is 35.7. The van der Waals surface area contributed by atoms with Gasteiger partial charge >= 0.3 is 6.01 Å². The number of aromatic nitrogens is 3. The molecular formula is C44H55F3N6O4Si. The van der Waals surface area contributed by atoms with Gasteiger partial charge in [-0.2, -0.15) is 9.97 Å². The quantitative estimate of drug-likeness (QED) is 0.0901. The largest absolute Gasteiger partial charge is 0.468 e. The van der Waals surface area contributed by atoms with Gasteiger partial charge in [-0.3, -0.25) is 4.90 Å². The summed E-state index contributed by atoms with van der Waals surface area (Å²) >= 11 is 0. The van der Waals surface area contributed by atoms with Crippen molar-refractivity contribution in [3.05, 3.63) is 41.5 Å². The van der Waals surface area contributed by atoms with E-state index in [1.807, 2.05) is 0 Å². The van der Waals surface area contributed by atoms with E-state index in [0.717, 1.165) is 25.8 Å². The van der Waals surface area contributed by atoms with Crippen molar-refractivity contribution < 1.29 is 32.1 Å². The number of nitrogens with one attached hydrogen (secondary N) is 1. The Hall–Kier alpha value is -4.16. The number of hydrogen-bond donors (Lipinski definition) is 1. The third kappa shape index (κ3) is 7.05. The predicted octanol–water partition coefficient (Wildman–Crippen LogP) is 8.65. The first-order valence-electron chi connectivity index (χ1n) is 20.8. The molecule has 310 valence electrons.